The molecular weight excluding hydrogens is 274 g/mol. The lowest BCUT2D eigenvalue weighted by molar-refractivity contribution is 0.380. The highest BCUT2D eigenvalue weighted by atomic mass is 32.2. The molecule has 1 saturated carbocycles. The number of hydrogen-bond acceptors (Lipinski definition) is 4. The summed E-state index contributed by atoms with van der Waals surface area (Å²) in [5, 5.41) is 3.29. The van der Waals surface area contributed by atoms with Crippen LogP contribution in [0.3, 0.4) is 0 Å². The lowest BCUT2D eigenvalue weighted by Crippen LogP contribution is -2.24. The smallest absolute Gasteiger partial charge is 0.242 e. The summed E-state index contributed by atoms with van der Waals surface area (Å²) in [5.74, 6) is 0.591. The maximum absolute atomic E-state index is 12.0. The van der Waals surface area contributed by atoms with Crippen LogP contribution >= 0.6 is 0 Å². The summed E-state index contributed by atoms with van der Waals surface area (Å²) in [6.45, 7) is 5.21. The summed E-state index contributed by atoms with van der Waals surface area (Å²) < 4.78 is 26.4. The van der Waals surface area contributed by atoms with Gasteiger partial charge in [-0.25, -0.2) is 13.1 Å². The zero-order valence-corrected chi connectivity index (χ0v) is 13.0. The van der Waals surface area contributed by atoms with E-state index in [9.17, 15) is 8.42 Å². The van der Waals surface area contributed by atoms with Crippen molar-refractivity contribution in [2.45, 2.75) is 31.6 Å². The first kappa shape index (κ1) is 15.1. The molecule has 1 aliphatic carbocycles. The van der Waals surface area contributed by atoms with Crippen LogP contribution in [0, 0.1) is 11.3 Å². The summed E-state index contributed by atoms with van der Waals surface area (Å²) in [4.78, 5) is 0.208. The predicted octanol–water partition coefficient (Wildman–Crippen LogP) is 2.02. The van der Waals surface area contributed by atoms with Gasteiger partial charge in [-0.1, -0.05) is 13.8 Å². The van der Waals surface area contributed by atoms with E-state index in [0.29, 0.717) is 22.7 Å². The van der Waals surface area contributed by atoms with Crippen LogP contribution in [0.15, 0.2) is 23.1 Å². The van der Waals surface area contributed by atoms with Crippen molar-refractivity contribution >= 4 is 21.4 Å². The quantitative estimate of drug-likeness (QED) is 0.701. The van der Waals surface area contributed by atoms with Crippen LogP contribution in [0.2, 0.25) is 0 Å². The Bertz CT molecular complexity index is 592. The number of benzene rings is 1. The number of nitrogen functional groups attached to an aromatic ring is 1. The highest BCUT2D eigenvalue weighted by Gasteiger charge is 2.45. The van der Waals surface area contributed by atoms with E-state index in [0.717, 1.165) is 6.54 Å². The minimum absolute atomic E-state index is 0.208. The van der Waals surface area contributed by atoms with Gasteiger partial charge in [0.05, 0.1) is 5.69 Å². The molecule has 0 radical (unpaired) electrons. The van der Waals surface area contributed by atoms with Crippen molar-refractivity contribution in [1.82, 2.24) is 4.72 Å². The number of hydrogen-bond donors (Lipinski definition) is 3. The second-order valence-corrected chi connectivity index (χ2v) is 7.69. The highest BCUT2D eigenvalue weighted by molar-refractivity contribution is 7.89. The van der Waals surface area contributed by atoms with Crippen molar-refractivity contribution in [2.75, 3.05) is 24.6 Å². The average molecular weight is 297 g/mol. The molecule has 0 amide bonds. The summed E-state index contributed by atoms with van der Waals surface area (Å²) in [6, 6.07) is 4.94. The van der Waals surface area contributed by atoms with Crippen molar-refractivity contribution in [2.24, 2.45) is 11.3 Å². The number of anilines is 2. The topological polar surface area (TPSA) is 84.2 Å². The van der Waals surface area contributed by atoms with Crippen molar-refractivity contribution in [3.05, 3.63) is 18.2 Å². The van der Waals surface area contributed by atoms with Crippen molar-refractivity contribution < 1.29 is 8.42 Å². The van der Waals surface area contributed by atoms with E-state index >= 15 is 0 Å². The first-order valence-electron chi connectivity index (χ1n) is 6.88. The molecule has 1 aromatic carbocycles. The standard InChI is InChI=1S/C14H23N3O2S/c1-10(2)14(6-7-14)9-17-12-5-4-11(15)8-13(12)20(18,19)16-3/h4-5,8,10,16-17H,6-7,9,15H2,1-3H3. The number of nitrogens with two attached hydrogens (primary N) is 1. The summed E-state index contributed by atoms with van der Waals surface area (Å²) in [5.41, 5.74) is 7.06. The van der Waals surface area contributed by atoms with Crippen LogP contribution in [0.25, 0.3) is 0 Å². The second-order valence-electron chi connectivity index (χ2n) is 5.83. The maximum atomic E-state index is 12.0. The molecule has 0 unspecified atom stereocenters. The van der Waals surface area contributed by atoms with Crippen molar-refractivity contribution in [3.63, 3.8) is 0 Å². The average Bonchev–Trinajstić information content (AvgIpc) is 3.18. The number of nitrogens with one attached hydrogen (secondary N) is 2. The largest absolute Gasteiger partial charge is 0.399 e. The Morgan fingerprint density at radius 3 is 2.50 bits per heavy atom. The molecule has 0 aliphatic heterocycles. The maximum Gasteiger partial charge on any atom is 0.242 e. The first-order chi connectivity index (χ1) is 9.31. The fraction of sp³-hybridized carbons (Fsp3) is 0.571. The molecule has 0 atom stereocenters. The van der Waals surface area contributed by atoms with E-state index in [-0.39, 0.29) is 4.90 Å². The Morgan fingerprint density at radius 2 is 2.00 bits per heavy atom. The minimum Gasteiger partial charge on any atom is -0.399 e. The van der Waals surface area contributed by atoms with Gasteiger partial charge in [-0.3, -0.25) is 0 Å². The van der Waals surface area contributed by atoms with Crippen LogP contribution in [-0.4, -0.2) is 22.0 Å². The van der Waals surface area contributed by atoms with Gasteiger partial charge in [-0.05, 0) is 49.4 Å². The van der Waals surface area contributed by atoms with E-state index in [1.165, 1.54) is 26.0 Å². The fourth-order valence-electron chi connectivity index (χ4n) is 2.41. The van der Waals surface area contributed by atoms with Crippen LogP contribution in [0.4, 0.5) is 11.4 Å². The van der Waals surface area contributed by atoms with Crippen molar-refractivity contribution in [3.8, 4) is 0 Å². The van der Waals surface area contributed by atoms with E-state index < -0.39 is 10.0 Å². The van der Waals surface area contributed by atoms with Gasteiger partial charge in [-0.2, -0.15) is 0 Å². The van der Waals surface area contributed by atoms with Crippen LogP contribution < -0.4 is 15.8 Å². The molecule has 0 bridgehead atoms. The third-order valence-electron chi connectivity index (χ3n) is 4.31. The van der Waals surface area contributed by atoms with Gasteiger partial charge >= 0.3 is 0 Å². The molecule has 0 saturated heterocycles. The third kappa shape index (κ3) is 2.91. The molecule has 1 aromatic rings. The predicted molar refractivity (Wildman–Crippen MR) is 82.1 cm³/mol. The van der Waals surface area contributed by atoms with E-state index in [1.54, 1.807) is 12.1 Å². The van der Waals surface area contributed by atoms with Gasteiger partial charge in [0.25, 0.3) is 0 Å². The SMILES string of the molecule is CNS(=O)(=O)c1cc(N)ccc1NCC1(C(C)C)CC1. The van der Waals surface area contributed by atoms with Gasteiger partial charge < -0.3 is 11.1 Å². The van der Waals surface area contributed by atoms with E-state index in [4.69, 9.17) is 5.73 Å². The van der Waals surface area contributed by atoms with Crippen LogP contribution in [0.5, 0.6) is 0 Å². The van der Waals surface area contributed by atoms with E-state index in [1.807, 2.05) is 0 Å². The molecule has 1 aliphatic rings. The Labute approximate surface area is 121 Å². The fourth-order valence-corrected chi connectivity index (χ4v) is 3.35. The third-order valence-corrected chi connectivity index (χ3v) is 5.77. The molecule has 1 fully saturated rings. The Hall–Kier alpha value is -1.27. The molecule has 0 heterocycles. The van der Waals surface area contributed by atoms with Crippen LogP contribution in [0.1, 0.15) is 26.7 Å². The molecule has 4 N–H and O–H groups in total. The second kappa shape index (κ2) is 5.26. The molecular formula is C14H23N3O2S. The van der Waals surface area contributed by atoms with Gasteiger partial charge in [0, 0.05) is 12.2 Å². The molecule has 2 rings (SSSR count). The molecule has 20 heavy (non-hydrogen) atoms. The van der Waals surface area contributed by atoms with Gasteiger partial charge in [0.15, 0.2) is 0 Å². The molecule has 6 heteroatoms. The normalized spacial score (nSPS) is 17.2. The molecule has 0 aromatic heterocycles. The molecule has 5 nitrogen and oxygen atoms in total. The molecule has 112 valence electrons. The summed E-state index contributed by atoms with van der Waals surface area (Å²) >= 11 is 0. The van der Waals surface area contributed by atoms with Crippen molar-refractivity contribution in [1.29, 1.82) is 0 Å². The zero-order valence-electron chi connectivity index (χ0n) is 12.2. The highest BCUT2D eigenvalue weighted by Crippen LogP contribution is 2.51. The van der Waals surface area contributed by atoms with E-state index in [2.05, 4.69) is 23.9 Å². The lowest BCUT2D eigenvalue weighted by atomic mass is 9.92. The Morgan fingerprint density at radius 1 is 1.35 bits per heavy atom. The van der Waals surface area contributed by atoms with Gasteiger partial charge in [-0.15, -0.1) is 0 Å². The zero-order chi connectivity index (χ0) is 15.0. The first-order valence-corrected chi connectivity index (χ1v) is 8.36. The number of rotatable bonds is 6. The lowest BCUT2D eigenvalue weighted by Gasteiger charge is -2.22. The monoisotopic (exact) mass is 297 g/mol. The van der Waals surface area contributed by atoms with Gasteiger partial charge in [0.1, 0.15) is 4.90 Å². The van der Waals surface area contributed by atoms with Gasteiger partial charge in [0.2, 0.25) is 10.0 Å². The minimum atomic E-state index is -3.51. The van der Waals surface area contributed by atoms with Crippen LogP contribution in [-0.2, 0) is 10.0 Å². The Kier molecular flexibility index (Phi) is 3.97. The Balaban J connectivity index is 2.24. The summed E-state index contributed by atoms with van der Waals surface area (Å²) in [7, 11) is -2.11. The number of sulfonamides is 1. The molecule has 0 spiro atoms. The summed E-state index contributed by atoms with van der Waals surface area (Å²) in [6.07, 6.45) is 2.39.